The standard InChI is InChI=1S/C22H19N3O4S/c23-30(28,29)18-12-10-17(11-13-18)24-21(26)20(15-6-2-1-3-7-15)25-14-16-8-4-5-9-19(16)22(25)27/h1-13,20H,14H2,(H,24,26)(H2,23,28,29)/t20-/m1/s1. The molecule has 2 amide bonds. The Morgan fingerprint density at radius 2 is 1.57 bits per heavy atom. The van der Waals surface area contributed by atoms with Crippen molar-refractivity contribution in [3.63, 3.8) is 0 Å². The van der Waals surface area contributed by atoms with Crippen molar-refractivity contribution in [1.82, 2.24) is 4.90 Å². The highest BCUT2D eigenvalue weighted by atomic mass is 32.2. The molecule has 7 nitrogen and oxygen atoms in total. The lowest BCUT2D eigenvalue weighted by molar-refractivity contribution is -0.120. The van der Waals surface area contributed by atoms with Crippen molar-refractivity contribution in [2.24, 2.45) is 5.14 Å². The second-order valence-corrected chi connectivity index (χ2v) is 8.52. The van der Waals surface area contributed by atoms with Gasteiger partial charge in [0.15, 0.2) is 0 Å². The summed E-state index contributed by atoms with van der Waals surface area (Å²) in [6.45, 7) is 0.326. The number of rotatable bonds is 5. The van der Waals surface area contributed by atoms with E-state index < -0.39 is 22.0 Å². The summed E-state index contributed by atoms with van der Waals surface area (Å²) in [5.74, 6) is -0.607. The largest absolute Gasteiger partial charge is 0.324 e. The number of hydrogen-bond acceptors (Lipinski definition) is 4. The molecule has 152 valence electrons. The van der Waals surface area contributed by atoms with Crippen LogP contribution in [0.15, 0.2) is 83.8 Å². The number of nitrogens with zero attached hydrogens (tertiary/aromatic N) is 1. The summed E-state index contributed by atoms with van der Waals surface area (Å²) >= 11 is 0. The molecule has 0 aromatic heterocycles. The number of carbonyl (C=O) groups is 2. The molecule has 8 heteroatoms. The van der Waals surface area contributed by atoms with E-state index in [4.69, 9.17) is 5.14 Å². The zero-order valence-electron chi connectivity index (χ0n) is 15.9. The topological polar surface area (TPSA) is 110 Å². The van der Waals surface area contributed by atoms with Gasteiger partial charge in [-0.1, -0.05) is 48.5 Å². The Labute approximate surface area is 174 Å². The fourth-order valence-electron chi connectivity index (χ4n) is 3.53. The molecule has 3 aromatic rings. The molecule has 3 aromatic carbocycles. The van der Waals surface area contributed by atoms with E-state index in [1.165, 1.54) is 29.2 Å². The number of amides is 2. The number of hydrogen-bond donors (Lipinski definition) is 2. The fraction of sp³-hybridized carbons (Fsp3) is 0.0909. The minimum atomic E-state index is -3.82. The van der Waals surface area contributed by atoms with Gasteiger partial charge in [-0.25, -0.2) is 13.6 Å². The molecule has 1 heterocycles. The average molecular weight is 421 g/mol. The zero-order valence-corrected chi connectivity index (χ0v) is 16.7. The quantitative estimate of drug-likeness (QED) is 0.660. The maximum absolute atomic E-state index is 13.2. The maximum atomic E-state index is 13.2. The molecule has 0 fully saturated rings. The number of benzene rings is 3. The molecule has 0 radical (unpaired) electrons. The molecule has 0 saturated carbocycles. The molecule has 0 saturated heterocycles. The van der Waals surface area contributed by atoms with E-state index in [1.54, 1.807) is 24.3 Å². The number of anilines is 1. The summed E-state index contributed by atoms with van der Waals surface area (Å²) in [5, 5.41) is 7.89. The van der Waals surface area contributed by atoms with Crippen molar-refractivity contribution in [1.29, 1.82) is 0 Å². The summed E-state index contributed by atoms with van der Waals surface area (Å²) in [6.07, 6.45) is 0. The van der Waals surface area contributed by atoms with E-state index >= 15 is 0 Å². The Kier molecular flexibility index (Phi) is 5.11. The van der Waals surface area contributed by atoms with Crippen molar-refractivity contribution >= 4 is 27.5 Å². The van der Waals surface area contributed by atoms with Gasteiger partial charge in [-0.3, -0.25) is 9.59 Å². The predicted octanol–water partition coefficient (Wildman–Crippen LogP) is 2.67. The van der Waals surface area contributed by atoms with Crippen molar-refractivity contribution in [3.8, 4) is 0 Å². The minimum absolute atomic E-state index is 0.0507. The number of nitrogens with one attached hydrogen (secondary N) is 1. The molecule has 0 unspecified atom stereocenters. The highest BCUT2D eigenvalue weighted by Gasteiger charge is 2.37. The van der Waals surface area contributed by atoms with E-state index in [9.17, 15) is 18.0 Å². The molecule has 0 aliphatic carbocycles. The normalized spacial score (nSPS) is 14.3. The van der Waals surface area contributed by atoms with Gasteiger partial charge >= 0.3 is 0 Å². The summed E-state index contributed by atoms with van der Waals surface area (Å²) in [5.41, 5.74) is 2.53. The van der Waals surface area contributed by atoms with Gasteiger partial charge in [0.1, 0.15) is 6.04 Å². The van der Waals surface area contributed by atoms with Gasteiger partial charge in [0.2, 0.25) is 10.0 Å². The van der Waals surface area contributed by atoms with Crippen LogP contribution in [0.3, 0.4) is 0 Å². The van der Waals surface area contributed by atoms with E-state index in [-0.39, 0.29) is 10.8 Å². The average Bonchev–Trinajstić information content (AvgIpc) is 3.05. The minimum Gasteiger partial charge on any atom is -0.324 e. The highest BCUT2D eigenvalue weighted by molar-refractivity contribution is 7.89. The summed E-state index contributed by atoms with van der Waals surface area (Å²) in [6, 6.07) is 21.0. The monoisotopic (exact) mass is 421 g/mol. The van der Waals surface area contributed by atoms with Crippen LogP contribution in [0.1, 0.15) is 27.5 Å². The van der Waals surface area contributed by atoms with Gasteiger partial charge in [-0.2, -0.15) is 0 Å². The number of primary sulfonamides is 1. The molecule has 1 atom stereocenters. The summed E-state index contributed by atoms with van der Waals surface area (Å²) in [4.78, 5) is 27.7. The van der Waals surface area contributed by atoms with E-state index in [1.807, 2.05) is 30.3 Å². The van der Waals surface area contributed by atoms with Crippen molar-refractivity contribution in [3.05, 3.63) is 95.6 Å². The number of carbonyl (C=O) groups excluding carboxylic acids is 2. The van der Waals surface area contributed by atoms with Crippen LogP contribution >= 0.6 is 0 Å². The first-order chi connectivity index (χ1) is 14.3. The first-order valence-corrected chi connectivity index (χ1v) is 10.8. The van der Waals surface area contributed by atoms with Crippen LogP contribution < -0.4 is 10.5 Å². The highest BCUT2D eigenvalue weighted by Crippen LogP contribution is 2.32. The third-order valence-electron chi connectivity index (χ3n) is 4.98. The van der Waals surface area contributed by atoms with Crippen LogP contribution in [0, 0.1) is 0 Å². The zero-order chi connectivity index (χ0) is 21.3. The van der Waals surface area contributed by atoms with Crippen LogP contribution in [0.5, 0.6) is 0 Å². The molecule has 4 rings (SSSR count). The first kappa shape index (κ1) is 19.8. The van der Waals surface area contributed by atoms with Crippen LogP contribution in [0.4, 0.5) is 5.69 Å². The third-order valence-corrected chi connectivity index (χ3v) is 5.90. The summed E-state index contributed by atoms with van der Waals surface area (Å²) < 4.78 is 22.8. The van der Waals surface area contributed by atoms with Gasteiger partial charge < -0.3 is 10.2 Å². The Hall–Kier alpha value is -3.49. The van der Waals surface area contributed by atoms with Gasteiger partial charge in [-0.05, 0) is 41.5 Å². The molecule has 0 bridgehead atoms. The maximum Gasteiger partial charge on any atom is 0.255 e. The van der Waals surface area contributed by atoms with E-state index in [2.05, 4.69) is 5.32 Å². The molecule has 0 spiro atoms. The molecule has 1 aliphatic heterocycles. The van der Waals surface area contributed by atoms with Gasteiger partial charge in [0, 0.05) is 17.8 Å². The van der Waals surface area contributed by atoms with Gasteiger partial charge in [-0.15, -0.1) is 0 Å². The Morgan fingerprint density at radius 1 is 0.933 bits per heavy atom. The van der Waals surface area contributed by atoms with Crippen LogP contribution in [-0.2, 0) is 21.4 Å². The second kappa shape index (κ2) is 7.74. The first-order valence-electron chi connectivity index (χ1n) is 9.22. The summed E-state index contributed by atoms with van der Waals surface area (Å²) in [7, 11) is -3.82. The van der Waals surface area contributed by atoms with E-state index in [0.717, 1.165) is 5.56 Å². The van der Waals surface area contributed by atoms with E-state index in [0.29, 0.717) is 23.4 Å². The number of nitrogens with two attached hydrogens (primary N) is 1. The Morgan fingerprint density at radius 3 is 2.20 bits per heavy atom. The number of fused-ring (bicyclic) bond motifs is 1. The molecular weight excluding hydrogens is 402 g/mol. The lowest BCUT2D eigenvalue weighted by Crippen LogP contribution is -2.37. The van der Waals surface area contributed by atoms with Crippen LogP contribution in [0.25, 0.3) is 0 Å². The lowest BCUT2D eigenvalue weighted by atomic mass is 10.0. The van der Waals surface area contributed by atoms with Crippen LogP contribution in [-0.4, -0.2) is 25.1 Å². The van der Waals surface area contributed by atoms with Gasteiger partial charge in [0.05, 0.1) is 4.90 Å². The van der Waals surface area contributed by atoms with Crippen molar-refractivity contribution in [2.45, 2.75) is 17.5 Å². The second-order valence-electron chi connectivity index (χ2n) is 6.96. The smallest absolute Gasteiger partial charge is 0.255 e. The molecule has 30 heavy (non-hydrogen) atoms. The van der Waals surface area contributed by atoms with Crippen molar-refractivity contribution in [2.75, 3.05) is 5.32 Å². The number of sulfonamides is 1. The third kappa shape index (κ3) is 3.83. The predicted molar refractivity (Wildman–Crippen MR) is 112 cm³/mol. The lowest BCUT2D eigenvalue weighted by Gasteiger charge is -2.27. The molecular formula is C22H19N3O4S. The van der Waals surface area contributed by atoms with Gasteiger partial charge in [0.25, 0.3) is 11.8 Å². The Bertz CT molecular complexity index is 1210. The van der Waals surface area contributed by atoms with Crippen LogP contribution in [0.2, 0.25) is 0 Å². The Balaban J connectivity index is 1.64. The SMILES string of the molecule is NS(=O)(=O)c1ccc(NC(=O)[C@@H](c2ccccc2)N2Cc3ccccc3C2=O)cc1. The fourth-order valence-corrected chi connectivity index (χ4v) is 4.05. The molecule has 1 aliphatic rings. The van der Waals surface area contributed by atoms with Crippen molar-refractivity contribution < 1.29 is 18.0 Å². The molecule has 3 N–H and O–H groups in total.